The monoisotopic (exact) mass is 431 g/mol. The molecule has 0 atom stereocenters. The van der Waals surface area contributed by atoms with Crippen LogP contribution in [0.3, 0.4) is 0 Å². The number of sulfone groups is 1. The fourth-order valence-corrected chi connectivity index (χ4v) is 4.25. The highest BCUT2D eigenvalue weighted by Crippen LogP contribution is 2.29. The number of carbonyl (C=O) groups excluding carboxylic acids is 1. The summed E-state index contributed by atoms with van der Waals surface area (Å²) in [4.78, 5) is 15.1. The Hall–Kier alpha value is -2.67. The van der Waals surface area contributed by atoms with E-state index < -0.39 is 9.84 Å². The fraction of sp³-hybridized carbons (Fsp3) is 0.348. The van der Waals surface area contributed by atoms with Gasteiger partial charge < -0.3 is 9.32 Å². The summed E-state index contributed by atoms with van der Waals surface area (Å²) in [6, 6.07) is 13.1. The van der Waals surface area contributed by atoms with Crippen LogP contribution in [-0.2, 0) is 22.1 Å². The van der Waals surface area contributed by atoms with E-state index >= 15 is 0 Å². The Balaban J connectivity index is 1.99. The number of amides is 1. The smallest absolute Gasteiger partial charge is 0.290 e. The second-order valence-corrected chi connectivity index (χ2v) is 9.68. The number of fused-ring (bicyclic) bond motifs is 1. The van der Waals surface area contributed by atoms with Crippen molar-refractivity contribution in [2.45, 2.75) is 38.5 Å². The lowest BCUT2D eigenvalue weighted by molar-refractivity contribution is 0.0709. The summed E-state index contributed by atoms with van der Waals surface area (Å²) in [7, 11) is -3.38. The first-order chi connectivity index (χ1) is 14.3. The number of unbranched alkanes of at least 4 members (excludes halogenated alkanes) is 2. The molecule has 1 aromatic heterocycles. The summed E-state index contributed by atoms with van der Waals surface area (Å²) < 4.78 is 43.1. The molecule has 1 heterocycles. The molecule has 0 saturated heterocycles. The van der Waals surface area contributed by atoms with Gasteiger partial charge >= 0.3 is 0 Å². The molecule has 5 nitrogen and oxygen atoms in total. The lowest BCUT2D eigenvalue weighted by Crippen LogP contribution is -2.32. The average molecular weight is 432 g/mol. The van der Waals surface area contributed by atoms with Gasteiger partial charge in [0.2, 0.25) is 0 Å². The molecule has 0 aliphatic rings. The van der Waals surface area contributed by atoms with Gasteiger partial charge in [-0.3, -0.25) is 4.79 Å². The second kappa shape index (κ2) is 9.43. The van der Waals surface area contributed by atoms with Gasteiger partial charge in [-0.05, 0) is 30.2 Å². The molecule has 0 aliphatic heterocycles. The van der Waals surface area contributed by atoms with Crippen molar-refractivity contribution in [3.63, 3.8) is 0 Å². The first-order valence-electron chi connectivity index (χ1n) is 10.0. The molecule has 160 valence electrons. The van der Waals surface area contributed by atoms with Gasteiger partial charge in [0.25, 0.3) is 5.91 Å². The van der Waals surface area contributed by atoms with E-state index in [1.54, 1.807) is 41.3 Å². The number of benzene rings is 2. The number of nitrogens with zero attached hydrogens (tertiary/aromatic N) is 1. The minimum Gasteiger partial charge on any atom is -0.451 e. The fourth-order valence-electron chi connectivity index (χ4n) is 3.44. The Morgan fingerprint density at radius 1 is 1.07 bits per heavy atom. The van der Waals surface area contributed by atoms with Crippen LogP contribution in [0.15, 0.2) is 52.9 Å². The summed E-state index contributed by atoms with van der Waals surface area (Å²) >= 11 is 0. The lowest BCUT2D eigenvalue weighted by atomic mass is 10.1. The van der Waals surface area contributed by atoms with Gasteiger partial charge in [0.15, 0.2) is 15.6 Å². The number of halogens is 1. The van der Waals surface area contributed by atoms with Crippen molar-refractivity contribution in [3.05, 3.63) is 71.2 Å². The number of para-hydroxylation sites is 1. The van der Waals surface area contributed by atoms with E-state index in [0.717, 1.165) is 31.1 Å². The highest BCUT2D eigenvalue weighted by atomic mass is 32.2. The number of rotatable bonds is 9. The number of carbonyl (C=O) groups is 1. The molecule has 7 heteroatoms. The molecule has 3 aromatic rings. The van der Waals surface area contributed by atoms with Crippen LogP contribution in [0.1, 0.15) is 47.9 Å². The van der Waals surface area contributed by atoms with E-state index in [1.165, 1.54) is 12.1 Å². The van der Waals surface area contributed by atoms with Gasteiger partial charge in [0.05, 0.1) is 5.75 Å². The van der Waals surface area contributed by atoms with E-state index in [-0.39, 0.29) is 29.8 Å². The zero-order chi connectivity index (χ0) is 21.7. The van der Waals surface area contributed by atoms with Gasteiger partial charge in [-0.25, -0.2) is 12.8 Å². The summed E-state index contributed by atoms with van der Waals surface area (Å²) in [5, 5.41) is 0.626. The van der Waals surface area contributed by atoms with Crippen molar-refractivity contribution in [2.75, 3.05) is 12.8 Å². The van der Waals surface area contributed by atoms with Crippen molar-refractivity contribution in [2.24, 2.45) is 0 Å². The minimum atomic E-state index is -3.38. The Morgan fingerprint density at radius 3 is 2.43 bits per heavy atom. The van der Waals surface area contributed by atoms with Crippen LogP contribution < -0.4 is 0 Å². The molecule has 0 fully saturated rings. The van der Waals surface area contributed by atoms with Crippen LogP contribution >= 0.6 is 0 Å². The molecule has 2 aromatic carbocycles. The quantitative estimate of drug-likeness (QED) is 0.450. The molecule has 0 radical (unpaired) electrons. The van der Waals surface area contributed by atoms with Crippen LogP contribution in [0, 0.1) is 5.82 Å². The van der Waals surface area contributed by atoms with Gasteiger partial charge in [0, 0.05) is 30.3 Å². The molecule has 0 aliphatic carbocycles. The Bertz CT molecular complexity index is 1120. The Kier molecular flexibility index (Phi) is 6.92. The lowest BCUT2D eigenvalue weighted by Gasteiger charge is -2.22. The van der Waals surface area contributed by atoms with Crippen LogP contribution in [0.2, 0.25) is 0 Å². The summed E-state index contributed by atoms with van der Waals surface area (Å²) in [5.41, 5.74) is 1.66. The third-order valence-corrected chi connectivity index (χ3v) is 5.72. The molecule has 0 spiro atoms. The molecule has 0 N–H and O–H groups in total. The van der Waals surface area contributed by atoms with E-state index in [2.05, 4.69) is 6.92 Å². The average Bonchev–Trinajstić information content (AvgIpc) is 3.05. The maximum atomic E-state index is 13.4. The van der Waals surface area contributed by atoms with Crippen LogP contribution in [-0.4, -0.2) is 32.0 Å². The summed E-state index contributed by atoms with van der Waals surface area (Å²) in [6.45, 7) is 2.87. The third kappa shape index (κ3) is 5.48. The first kappa shape index (κ1) is 22.0. The SMILES string of the molecule is CCCCCN(Cc1ccc(F)cc1)C(=O)c1oc2ccccc2c1CS(C)(=O)=O. The topological polar surface area (TPSA) is 67.6 Å². The molecule has 1 amide bonds. The van der Waals surface area contributed by atoms with Crippen molar-refractivity contribution < 1.29 is 22.0 Å². The molecule has 0 bridgehead atoms. The highest BCUT2D eigenvalue weighted by Gasteiger charge is 2.27. The van der Waals surface area contributed by atoms with E-state index in [9.17, 15) is 17.6 Å². The zero-order valence-electron chi connectivity index (χ0n) is 17.2. The Morgan fingerprint density at radius 2 is 1.77 bits per heavy atom. The van der Waals surface area contributed by atoms with Gasteiger partial charge in [-0.2, -0.15) is 0 Å². The van der Waals surface area contributed by atoms with Crippen LogP contribution in [0.25, 0.3) is 11.0 Å². The Labute approximate surface area is 176 Å². The van der Waals surface area contributed by atoms with E-state index in [4.69, 9.17) is 4.42 Å². The van der Waals surface area contributed by atoms with Crippen molar-refractivity contribution >= 4 is 26.7 Å². The van der Waals surface area contributed by atoms with Crippen molar-refractivity contribution in [3.8, 4) is 0 Å². The molecule has 0 unspecified atom stereocenters. The maximum Gasteiger partial charge on any atom is 0.290 e. The summed E-state index contributed by atoms with van der Waals surface area (Å²) in [6.07, 6.45) is 3.91. The molecule has 3 rings (SSSR count). The first-order valence-corrected chi connectivity index (χ1v) is 12.1. The third-order valence-electron chi connectivity index (χ3n) is 4.90. The minimum absolute atomic E-state index is 0.0558. The standard InChI is InChI=1S/C23H26FNO4S/c1-3-4-7-14-25(15-17-10-12-18(24)13-11-17)23(26)22-20(16-30(2,27)28)19-8-5-6-9-21(19)29-22/h5-6,8-13H,3-4,7,14-16H2,1-2H3. The molecular weight excluding hydrogens is 405 g/mol. The predicted molar refractivity (Wildman–Crippen MR) is 115 cm³/mol. The highest BCUT2D eigenvalue weighted by molar-refractivity contribution is 7.89. The predicted octanol–water partition coefficient (Wildman–Crippen LogP) is 4.95. The number of furan rings is 1. The van der Waals surface area contributed by atoms with Gasteiger partial charge in [0.1, 0.15) is 11.4 Å². The van der Waals surface area contributed by atoms with Crippen LogP contribution in [0.5, 0.6) is 0 Å². The largest absolute Gasteiger partial charge is 0.451 e. The maximum absolute atomic E-state index is 13.4. The van der Waals surface area contributed by atoms with Gasteiger partial charge in [-0.1, -0.05) is 50.1 Å². The summed E-state index contributed by atoms with van der Waals surface area (Å²) in [5.74, 6) is -0.911. The second-order valence-electron chi connectivity index (χ2n) is 7.54. The van der Waals surface area contributed by atoms with Crippen molar-refractivity contribution in [1.29, 1.82) is 0 Å². The zero-order valence-corrected chi connectivity index (χ0v) is 18.0. The van der Waals surface area contributed by atoms with Gasteiger partial charge in [-0.15, -0.1) is 0 Å². The normalized spacial score (nSPS) is 11.7. The van der Waals surface area contributed by atoms with E-state index in [0.29, 0.717) is 23.1 Å². The van der Waals surface area contributed by atoms with E-state index in [1.807, 2.05) is 0 Å². The number of hydrogen-bond acceptors (Lipinski definition) is 4. The molecule has 30 heavy (non-hydrogen) atoms. The molecule has 0 saturated carbocycles. The molecular formula is C23H26FNO4S. The number of hydrogen-bond donors (Lipinski definition) is 0. The van der Waals surface area contributed by atoms with Crippen LogP contribution in [0.4, 0.5) is 4.39 Å². The van der Waals surface area contributed by atoms with Crippen molar-refractivity contribution in [1.82, 2.24) is 4.90 Å².